The molecule has 220 valence electrons. The van der Waals surface area contributed by atoms with Crippen molar-refractivity contribution in [3.63, 3.8) is 0 Å². The quantitative estimate of drug-likeness (QED) is 0.197. The summed E-state index contributed by atoms with van der Waals surface area (Å²) in [6.45, 7) is 0. The summed E-state index contributed by atoms with van der Waals surface area (Å²) in [4.78, 5) is 15.0. The highest BCUT2D eigenvalue weighted by atomic mass is 16.3. The van der Waals surface area contributed by atoms with Gasteiger partial charge in [-0.25, -0.2) is 15.0 Å². The normalized spacial score (nSPS) is 11.4. The summed E-state index contributed by atoms with van der Waals surface area (Å²) in [5, 5.41) is 4.53. The predicted octanol–water partition coefficient (Wildman–Crippen LogP) is 11.3. The lowest BCUT2D eigenvalue weighted by molar-refractivity contribution is 0.669. The SMILES string of the molecule is c1ccc(-c2nc(-c3ccc(-c4cccc(-c5cccc6ccccc56)c4)cc3)nc(-c3cccc4oc5ccccc5c34)n2)cc1. The van der Waals surface area contributed by atoms with Crippen molar-refractivity contribution in [1.29, 1.82) is 0 Å². The molecule has 4 nitrogen and oxygen atoms in total. The van der Waals surface area contributed by atoms with Gasteiger partial charge in [0.2, 0.25) is 0 Å². The lowest BCUT2D eigenvalue weighted by Crippen LogP contribution is -2.00. The first-order chi connectivity index (χ1) is 23.3. The molecule has 0 N–H and O–H groups in total. The number of benzene rings is 7. The van der Waals surface area contributed by atoms with Crippen molar-refractivity contribution < 1.29 is 4.42 Å². The molecule has 2 aromatic heterocycles. The molecule has 47 heavy (non-hydrogen) atoms. The number of furan rings is 1. The van der Waals surface area contributed by atoms with Crippen molar-refractivity contribution in [2.24, 2.45) is 0 Å². The second-order valence-electron chi connectivity index (χ2n) is 11.6. The second kappa shape index (κ2) is 11.2. The third kappa shape index (κ3) is 4.84. The molecule has 0 aliphatic rings. The van der Waals surface area contributed by atoms with E-state index >= 15 is 0 Å². The molecule has 2 heterocycles. The van der Waals surface area contributed by atoms with E-state index in [1.807, 2.05) is 60.7 Å². The third-order valence-corrected chi connectivity index (χ3v) is 8.75. The van der Waals surface area contributed by atoms with Crippen LogP contribution in [0.4, 0.5) is 0 Å². The number of aromatic nitrogens is 3. The van der Waals surface area contributed by atoms with Gasteiger partial charge in [-0.1, -0.05) is 146 Å². The number of nitrogens with zero attached hydrogens (tertiary/aromatic N) is 3. The smallest absolute Gasteiger partial charge is 0.164 e. The molecular formula is C43H27N3O. The highest BCUT2D eigenvalue weighted by Gasteiger charge is 2.17. The number of rotatable bonds is 5. The predicted molar refractivity (Wildman–Crippen MR) is 192 cm³/mol. The van der Waals surface area contributed by atoms with Gasteiger partial charge in [-0.3, -0.25) is 0 Å². The highest BCUT2D eigenvalue weighted by Crippen LogP contribution is 2.37. The summed E-state index contributed by atoms with van der Waals surface area (Å²) in [6.07, 6.45) is 0. The summed E-state index contributed by atoms with van der Waals surface area (Å²) in [6, 6.07) is 56.5. The van der Waals surface area contributed by atoms with Crippen molar-refractivity contribution in [1.82, 2.24) is 15.0 Å². The van der Waals surface area contributed by atoms with Crippen LogP contribution < -0.4 is 0 Å². The molecule has 0 radical (unpaired) electrons. The molecule has 0 fully saturated rings. The maximum atomic E-state index is 6.19. The van der Waals surface area contributed by atoms with Gasteiger partial charge in [-0.2, -0.15) is 0 Å². The van der Waals surface area contributed by atoms with Crippen LogP contribution >= 0.6 is 0 Å². The van der Waals surface area contributed by atoms with Crippen molar-refractivity contribution in [2.45, 2.75) is 0 Å². The first kappa shape index (κ1) is 27.0. The first-order valence-electron chi connectivity index (χ1n) is 15.7. The Morgan fingerprint density at radius 3 is 1.74 bits per heavy atom. The topological polar surface area (TPSA) is 51.8 Å². The molecule has 0 bridgehead atoms. The molecule has 9 rings (SSSR count). The fourth-order valence-electron chi connectivity index (χ4n) is 6.46. The molecular weight excluding hydrogens is 574 g/mol. The van der Waals surface area contributed by atoms with E-state index < -0.39 is 0 Å². The van der Waals surface area contributed by atoms with Gasteiger partial charge in [0.15, 0.2) is 17.5 Å². The van der Waals surface area contributed by atoms with E-state index in [0.717, 1.165) is 49.8 Å². The average molecular weight is 602 g/mol. The molecule has 0 amide bonds. The second-order valence-corrected chi connectivity index (χ2v) is 11.6. The van der Waals surface area contributed by atoms with E-state index in [4.69, 9.17) is 19.4 Å². The van der Waals surface area contributed by atoms with E-state index in [2.05, 4.69) is 103 Å². The Labute approximate surface area is 271 Å². The Kier molecular flexibility index (Phi) is 6.43. The minimum atomic E-state index is 0.609. The van der Waals surface area contributed by atoms with Crippen molar-refractivity contribution in [3.05, 3.63) is 164 Å². The number of hydrogen-bond donors (Lipinski definition) is 0. The molecule has 4 heteroatoms. The number of hydrogen-bond acceptors (Lipinski definition) is 4. The molecule has 9 aromatic rings. The van der Waals surface area contributed by atoms with E-state index in [1.165, 1.54) is 21.9 Å². The van der Waals surface area contributed by atoms with Gasteiger partial charge >= 0.3 is 0 Å². The Morgan fingerprint density at radius 2 is 0.894 bits per heavy atom. The molecule has 0 aliphatic carbocycles. The molecule has 0 saturated carbocycles. The largest absolute Gasteiger partial charge is 0.456 e. The third-order valence-electron chi connectivity index (χ3n) is 8.75. The molecule has 0 unspecified atom stereocenters. The monoisotopic (exact) mass is 601 g/mol. The van der Waals surface area contributed by atoms with E-state index in [0.29, 0.717) is 17.5 Å². The van der Waals surface area contributed by atoms with Crippen molar-refractivity contribution in [2.75, 3.05) is 0 Å². The van der Waals surface area contributed by atoms with Crippen LogP contribution in [0.2, 0.25) is 0 Å². The van der Waals surface area contributed by atoms with Gasteiger partial charge in [0, 0.05) is 27.5 Å². The summed E-state index contributed by atoms with van der Waals surface area (Å²) >= 11 is 0. The summed E-state index contributed by atoms with van der Waals surface area (Å²) in [5.41, 5.74) is 9.12. The Morgan fingerprint density at radius 1 is 0.340 bits per heavy atom. The van der Waals surface area contributed by atoms with Gasteiger partial charge < -0.3 is 4.42 Å². The fourth-order valence-corrected chi connectivity index (χ4v) is 6.46. The van der Waals surface area contributed by atoms with E-state index in [9.17, 15) is 0 Å². The van der Waals surface area contributed by atoms with Gasteiger partial charge in [-0.05, 0) is 51.2 Å². The Balaban J connectivity index is 1.14. The molecule has 0 atom stereocenters. The van der Waals surface area contributed by atoms with Crippen LogP contribution in [0.15, 0.2) is 168 Å². The lowest BCUT2D eigenvalue weighted by atomic mass is 9.95. The minimum absolute atomic E-state index is 0.609. The standard InChI is InChI=1S/C43H27N3O/c1-2-12-30(13-3-1)41-44-42(46-43(45-41)37-20-10-22-39-40(37)36-18-6-7-21-38(36)47-39)31-25-23-28(24-26-31)32-15-8-16-33(27-32)35-19-9-14-29-11-4-5-17-34(29)35/h1-27H. The number of fused-ring (bicyclic) bond motifs is 4. The maximum absolute atomic E-state index is 6.19. The average Bonchev–Trinajstić information content (AvgIpc) is 3.54. The van der Waals surface area contributed by atoms with Crippen LogP contribution in [0.25, 0.3) is 89.1 Å². The number of para-hydroxylation sites is 1. The van der Waals surface area contributed by atoms with Crippen LogP contribution in [0.1, 0.15) is 0 Å². The van der Waals surface area contributed by atoms with Crippen LogP contribution in [-0.2, 0) is 0 Å². The van der Waals surface area contributed by atoms with Crippen LogP contribution in [0, 0.1) is 0 Å². The van der Waals surface area contributed by atoms with Gasteiger partial charge in [0.05, 0.1) is 0 Å². The Bertz CT molecular complexity index is 2560. The minimum Gasteiger partial charge on any atom is -0.456 e. The zero-order valence-electron chi connectivity index (χ0n) is 25.3. The van der Waals surface area contributed by atoms with Crippen molar-refractivity contribution >= 4 is 32.7 Å². The maximum Gasteiger partial charge on any atom is 0.164 e. The van der Waals surface area contributed by atoms with Gasteiger partial charge in [0.25, 0.3) is 0 Å². The lowest BCUT2D eigenvalue weighted by Gasteiger charge is -2.11. The van der Waals surface area contributed by atoms with Crippen LogP contribution in [0.3, 0.4) is 0 Å². The summed E-state index contributed by atoms with van der Waals surface area (Å²) < 4.78 is 6.19. The fraction of sp³-hybridized carbons (Fsp3) is 0. The first-order valence-corrected chi connectivity index (χ1v) is 15.7. The summed E-state index contributed by atoms with van der Waals surface area (Å²) in [7, 11) is 0. The molecule has 0 saturated heterocycles. The molecule has 0 aliphatic heterocycles. The molecule has 7 aromatic carbocycles. The Hall–Kier alpha value is -6.39. The van der Waals surface area contributed by atoms with Crippen LogP contribution in [-0.4, -0.2) is 15.0 Å². The zero-order chi connectivity index (χ0) is 31.2. The highest BCUT2D eigenvalue weighted by molar-refractivity contribution is 6.11. The zero-order valence-corrected chi connectivity index (χ0v) is 25.3. The molecule has 0 spiro atoms. The van der Waals surface area contributed by atoms with E-state index in [-0.39, 0.29) is 0 Å². The van der Waals surface area contributed by atoms with Crippen molar-refractivity contribution in [3.8, 4) is 56.4 Å². The van der Waals surface area contributed by atoms with Gasteiger partial charge in [-0.15, -0.1) is 0 Å². The van der Waals surface area contributed by atoms with Crippen LogP contribution in [0.5, 0.6) is 0 Å². The van der Waals surface area contributed by atoms with Gasteiger partial charge in [0.1, 0.15) is 11.2 Å². The van der Waals surface area contributed by atoms with E-state index in [1.54, 1.807) is 0 Å². The summed E-state index contributed by atoms with van der Waals surface area (Å²) in [5.74, 6) is 1.86.